The molecular weight excluding hydrogens is 462 g/mol. The van der Waals surface area contributed by atoms with Gasteiger partial charge < -0.3 is 41.2 Å². The zero-order valence-electron chi connectivity index (χ0n) is 20.8. The normalized spacial score (nSPS) is 22.1. The fraction of sp³-hybridized carbons (Fsp3) is 0.480. The van der Waals surface area contributed by atoms with Crippen LogP contribution in [0, 0.1) is 0 Å². The van der Waals surface area contributed by atoms with Crippen molar-refractivity contribution >= 4 is 28.6 Å². The van der Waals surface area contributed by atoms with Gasteiger partial charge in [0.15, 0.2) is 6.23 Å². The minimum Gasteiger partial charge on any atom is -0.387 e. The number of nitrogens with two attached hydrogens (primary N) is 1. The van der Waals surface area contributed by atoms with Gasteiger partial charge in [0.25, 0.3) is 0 Å². The van der Waals surface area contributed by atoms with Gasteiger partial charge in [-0.25, -0.2) is 14.8 Å². The monoisotopic (exact) mass is 497 g/mol. The van der Waals surface area contributed by atoms with Gasteiger partial charge in [-0.3, -0.25) is 0 Å². The SMILES string of the molecule is CC(C)(C)c1ccc(NC(=O)NCCCNC[C@H]2O[C@@H](n3ccc4c(N)ncnc43)[C@H](O)[C@@H]2O)cc1. The van der Waals surface area contributed by atoms with Crippen LogP contribution < -0.4 is 21.7 Å². The van der Waals surface area contributed by atoms with Gasteiger partial charge in [0.2, 0.25) is 0 Å². The molecule has 1 fully saturated rings. The van der Waals surface area contributed by atoms with Crippen molar-refractivity contribution in [3.8, 4) is 0 Å². The summed E-state index contributed by atoms with van der Waals surface area (Å²) in [5.74, 6) is 0.339. The summed E-state index contributed by atoms with van der Waals surface area (Å²) in [6.45, 7) is 7.86. The highest BCUT2D eigenvalue weighted by Gasteiger charge is 2.43. The lowest BCUT2D eigenvalue weighted by atomic mass is 9.87. The standard InChI is InChI=1S/C25H35N7O4/c1-25(2,3)15-5-7-16(8-6-15)31-24(35)28-11-4-10-27-13-18-19(33)20(34)23(36-18)32-12-9-17-21(26)29-14-30-22(17)32/h5-9,12,14,18-20,23,27,33-34H,4,10-11,13H2,1-3H3,(H2,26,29,30)(H2,28,31,35)/t18-,19-,20-,23-/m1/s1. The molecule has 3 aromatic rings. The van der Waals surface area contributed by atoms with E-state index >= 15 is 0 Å². The second kappa shape index (κ2) is 10.8. The molecule has 0 aliphatic carbocycles. The molecule has 7 N–H and O–H groups in total. The number of nitrogens with one attached hydrogen (secondary N) is 3. The van der Waals surface area contributed by atoms with Crippen LogP contribution >= 0.6 is 0 Å². The summed E-state index contributed by atoms with van der Waals surface area (Å²) < 4.78 is 7.59. The molecule has 1 aromatic carbocycles. The highest BCUT2D eigenvalue weighted by molar-refractivity contribution is 5.89. The molecule has 1 aliphatic heterocycles. The van der Waals surface area contributed by atoms with E-state index in [0.29, 0.717) is 42.9 Å². The number of carbonyl (C=O) groups is 1. The number of aliphatic hydroxyl groups excluding tert-OH is 2. The number of rotatable bonds is 8. The Labute approximate surface area is 210 Å². The van der Waals surface area contributed by atoms with E-state index in [1.54, 1.807) is 16.8 Å². The second-order valence-electron chi connectivity index (χ2n) is 10.0. The number of benzene rings is 1. The molecule has 3 heterocycles. The third-order valence-corrected chi connectivity index (χ3v) is 6.32. The molecule has 4 atom stereocenters. The first-order chi connectivity index (χ1) is 17.1. The first-order valence-electron chi connectivity index (χ1n) is 12.1. The van der Waals surface area contributed by atoms with Gasteiger partial charge in [0.1, 0.15) is 36.1 Å². The van der Waals surface area contributed by atoms with Crippen molar-refractivity contribution in [3.05, 3.63) is 48.4 Å². The predicted molar refractivity (Wildman–Crippen MR) is 138 cm³/mol. The molecule has 194 valence electrons. The summed E-state index contributed by atoms with van der Waals surface area (Å²) in [6.07, 6.45) is 0.169. The largest absolute Gasteiger partial charge is 0.387 e. The number of ether oxygens (including phenoxy) is 1. The minimum absolute atomic E-state index is 0.0620. The maximum atomic E-state index is 12.1. The van der Waals surface area contributed by atoms with Gasteiger partial charge in [0, 0.05) is 25.0 Å². The lowest BCUT2D eigenvalue weighted by Gasteiger charge is -2.19. The summed E-state index contributed by atoms with van der Waals surface area (Å²) in [7, 11) is 0. The summed E-state index contributed by atoms with van der Waals surface area (Å²) in [5.41, 5.74) is 8.42. The lowest BCUT2D eigenvalue weighted by molar-refractivity contribution is -0.0338. The number of nitrogen functional groups attached to an aromatic ring is 1. The van der Waals surface area contributed by atoms with Crippen molar-refractivity contribution in [1.82, 2.24) is 25.2 Å². The highest BCUT2D eigenvalue weighted by Crippen LogP contribution is 2.32. The van der Waals surface area contributed by atoms with Crippen LogP contribution in [0.4, 0.5) is 16.3 Å². The molecule has 0 saturated carbocycles. The number of anilines is 2. The molecule has 0 spiro atoms. The van der Waals surface area contributed by atoms with Gasteiger partial charge >= 0.3 is 6.03 Å². The Morgan fingerprint density at radius 1 is 1.11 bits per heavy atom. The van der Waals surface area contributed by atoms with E-state index < -0.39 is 24.5 Å². The van der Waals surface area contributed by atoms with Crippen molar-refractivity contribution in [2.45, 2.75) is 57.1 Å². The Bertz CT molecular complexity index is 1180. The topological polar surface area (TPSA) is 160 Å². The van der Waals surface area contributed by atoms with E-state index in [9.17, 15) is 15.0 Å². The highest BCUT2D eigenvalue weighted by atomic mass is 16.6. The van der Waals surface area contributed by atoms with Crippen LogP contribution in [0.5, 0.6) is 0 Å². The zero-order valence-corrected chi connectivity index (χ0v) is 20.8. The van der Waals surface area contributed by atoms with E-state index in [2.05, 4.69) is 46.7 Å². The number of urea groups is 1. The number of hydrogen-bond acceptors (Lipinski definition) is 8. The zero-order chi connectivity index (χ0) is 25.9. The van der Waals surface area contributed by atoms with Crippen LogP contribution in [-0.4, -0.2) is 68.7 Å². The summed E-state index contributed by atoms with van der Waals surface area (Å²) in [5, 5.41) is 30.6. The first kappa shape index (κ1) is 25.8. The maximum absolute atomic E-state index is 12.1. The molecule has 1 saturated heterocycles. The number of carbonyl (C=O) groups excluding carboxylic acids is 1. The molecule has 2 aromatic heterocycles. The average Bonchev–Trinajstić information content (AvgIpc) is 3.38. The van der Waals surface area contributed by atoms with Crippen molar-refractivity contribution in [2.75, 3.05) is 30.7 Å². The third kappa shape index (κ3) is 5.76. The molecule has 0 bridgehead atoms. The van der Waals surface area contributed by atoms with E-state index in [-0.39, 0.29) is 11.4 Å². The summed E-state index contributed by atoms with van der Waals surface area (Å²) in [6, 6.07) is 9.32. The lowest BCUT2D eigenvalue weighted by Crippen LogP contribution is -2.38. The Kier molecular flexibility index (Phi) is 7.74. The van der Waals surface area contributed by atoms with Gasteiger partial charge in [-0.15, -0.1) is 0 Å². The Morgan fingerprint density at radius 2 is 1.86 bits per heavy atom. The van der Waals surface area contributed by atoms with Gasteiger partial charge in [-0.05, 0) is 42.1 Å². The van der Waals surface area contributed by atoms with Crippen molar-refractivity contribution in [1.29, 1.82) is 0 Å². The summed E-state index contributed by atoms with van der Waals surface area (Å²) in [4.78, 5) is 20.3. The van der Waals surface area contributed by atoms with Crippen molar-refractivity contribution in [2.24, 2.45) is 0 Å². The molecule has 36 heavy (non-hydrogen) atoms. The fourth-order valence-electron chi connectivity index (χ4n) is 4.21. The Balaban J connectivity index is 1.17. The number of amides is 2. The minimum atomic E-state index is -1.12. The molecule has 1 aliphatic rings. The molecule has 4 rings (SSSR count). The number of fused-ring (bicyclic) bond motifs is 1. The Morgan fingerprint density at radius 3 is 2.58 bits per heavy atom. The van der Waals surface area contributed by atoms with Crippen LogP contribution in [0.25, 0.3) is 11.0 Å². The van der Waals surface area contributed by atoms with Gasteiger partial charge in [-0.2, -0.15) is 0 Å². The van der Waals surface area contributed by atoms with Crippen molar-refractivity contribution < 1.29 is 19.7 Å². The van der Waals surface area contributed by atoms with Gasteiger partial charge in [-0.1, -0.05) is 32.9 Å². The molecule has 0 radical (unpaired) electrons. The molecular formula is C25H35N7O4. The number of aromatic nitrogens is 3. The average molecular weight is 498 g/mol. The predicted octanol–water partition coefficient (Wildman–Crippen LogP) is 1.73. The van der Waals surface area contributed by atoms with Crippen LogP contribution in [0.1, 0.15) is 39.0 Å². The smallest absolute Gasteiger partial charge is 0.319 e. The molecule has 11 heteroatoms. The fourth-order valence-corrected chi connectivity index (χ4v) is 4.21. The summed E-state index contributed by atoms with van der Waals surface area (Å²) >= 11 is 0. The second-order valence-corrected chi connectivity index (χ2v) is 10.0. The number of aliphatic hydroxyl groups is 2. The number of hydrogen-bond donors (Lipinski definition) is 6. The van der Waals surface area contributed by atoms with E-state index in [0.717, 1.165) is 5.69 Å². The maximum Gasteiger partial charge on any atom is 0.319 e. The molecule has 11 nitrogen and oxygen atoms in total. The van der Waals surface area contributed by atoms with Crippen molar-refractivity contribution in [3.63, 3.8) is 0 Å². The van der Waals surface area contributed by atoms with Crippen LogP contribution in [0.3, 0.4) is 0 Å². The van der Waals surface area contributed by atoms with E-state index in [1.807, 2.05) is 24.3 Å². The first-order valence-corrected chi connectivity index (χ1v) is 12.1. The van der Waals surface area contributed by atoms with Crippen LogP contribution in [0.15, 0.2) is 42.9 Å². The molecule has 0 unspecified atom stereocenters. The Hall–Kier alpha value is -3.25. The van der Waals surface area contributed by atoms with E-state index in [4.69, 9.17) is 10.5 Å². The number of nitrogens with zero attached hydrogens (tertiary/aromatic N) is 3. The molecule has 2 amide bonds. The van der Waals surface area contributed by atoms with Gasteiger partial charge in [0.05, 0.1) is 5.39 Å². The quantitative estimate of drug-likeness (QED) is 0.257. The van der Waals surface area contributed by atoms with Crippen LogP contribution in [-0.2, 0) is 10.2 Å². The van der Waals surface area contributed by atoms with E-state index in [1.165, 1.54) is 11.9 Å². The third-order valence-electron chi connectivity index (χ3n) is 6.32. The van der Waals surface area contributed by atoms with Crippen LogP contribution in [0.2, 0.25) is 0 Å².